The van der Waals surface area contributed by atoms with Crippen molar-refractivity contribution < 1.29 is 18.7 Å². The summed E-state index contributed by atoms with van der Waals surface area (Å²) in [5.41, 5.74) is 3.63. The lowest BCUT2D eigenvalue weighted by Gasteiger charge is -2.12. The van der Waals surface area contributed by atoms with Crippen molar-refractivity contribution in [1.82, 2.24) is 0 Å². The van der Waals surface area contributed by atoms with Crippen LogP contribution in [0.4, 0.5) is 5.69 Å². The quantitative estimate of drug-likeness (QED) is 0.375. The molecular formula is C23H14Cl2N2O4. The van der Waals surface area contributed by atoms with E-state index in [9.17, 15) is 9.59 Å². The highest BCUT2D eigenvalue weighted by molar-refractivity contribution is 6.42. The van der Waals surface area contributed by atoms with E-state index in [4.69, 9.17) is 32.4 Å². The smallest absolute Gasteiger partial charge is 0.338 e. The van der Waals surface area contributed by atoms with Gasteiger partial charge in [0.25, 0.3) is 5.91 Å². The molecular weight excluding hydrogens is 439 g/mol. The Morgan fingerprint density at radius 3 is 2.68 bits per heavy atom. The first-order valence-electron chi connectivity index (χ1n) is 9.38. The number of carbonyl (C=O) groups is 2. The molecule has 2 aliphatic rings. The number of esters is 1. The van der Waals surface area contributed by atoms with Gasteiger partial charge in [0.1, 0.15) is 18.1 Å². The molecule has 1 amide bonds. The lowest BCUT2D eigenvalue weighted by atomic mass is 10.0. The zero-order chi connectivity index (χ0) is 21.7. The molecule has 5 rings (SSSR count). The average molecular weight is 453 g/mol. The van der Waals surface area contributed by atoms with E-state index in [2.05, 4.69) is 5.10 Å². The number of halogens is 2. The Bertz CT molecular complexity index is 1320. The summed E-state index contributed by atoms with van der Waals surface area (Å²) in [4.78, 5) is 24.7. The van der Waals surface area contributed by atoms with Gasteiger partial charge in [-0.05, 0) is 49.4 Å². The second-order valence-corrected chi connectivity index (χ2v) is 7.92. The number of hydrogen-bond donors (Lipinski definition) is 0. The van der Waals surface area contributed by atoms with E-state index >= 15 is 0 Å². The van der Waals surface area contributed by atoms with Gasteiger partial charge in [0.15, 0.2) is 0 Å². The molecule has 0 radical (unpaired) electrons. The third kappa shape index (κ3) is 3.44. The fourth-order valence-corrected chi connectivity index (χ4v) is 3.76. The average Bonchev–Trinajstić information content (AvgIpc) is 3.45. The first-order chi connectivity index (χ1) is 14.9. The lowest BCUT2D eigenvalue weighted by Crippen LogP contribution is -2.21. The van der Waals surface area contributed by atoms with Crippen LogP contribution in [0.3, 0.4) is 0 Å². The van der Waals surface area contributed by atoms with Gasteiger partial charge in [-0.15, -0.1) is 0 Å². The third-order valence-electron chi connectivity index (χ3n) is 5.10. The van der Waals surface area contributed by atoms with E-state index in [1.807, 2.05) is 12.1 Å². The minimum atomic E-state index is -0.337. The van der Waals surface area contributed by atoms with Crippen LogP contribution in [0.1, 0.15) is 28.6 Å². The maximum Gasteiger partial charge on any atom is 0.338 e. The van der Waals surface area contributed by atoms with Crippen LogP contribution in [0.15, 0.2) is 63.6 Å². The summed E-state index contributed by atoms with van der Waals surface area (Å²) in [5.74, 6) is 0.438. The van der Waals surface area contributed by atoms with Crippen LogP contribution < -0.4 is 5.01 Å². The van der Waals surface area contributed by atoms with Crippen molar-refractivity contribution >= 4 is 52.6 Å². The number of furan rings is 1. The summed E-state index contributed by atoms with van der Waals surface area (Å²) >= 11 is 12.0. The van der Waals surface area contributed by atoms with E-state index in [1.165, 1.54) is 5.01 Å². The van der Waals surface area contributed by atoms with E-state index in [-0.39, 0.29) is 11.9 Å². The molecule has 0 bridgehead atoms. The van der Waals surface area contributed by atoms with Crippen LogP contribution in [0.2, 0.25) is 10.0 Å². The van der Waals surface area contributed by atoms with Gasteiger partial charge >= 0.3 is 5.97 Å². The molecule has 154 valence electrons. The topological polar surface area (TPSA) is 72.1 Å². The Morgan fingerprint density at radius 2 is 1.87 bits per heavy atom. The van der Waals surface area contributed by atoms with E-state index < -0.39 is 0 Å². The number of hydrazone groups is 1. The van der Waals surface area contributed by atoms with Gasteiger partial charge in [-0.1, -0.05) is 35.3 Å². The van der Waals surface area contributed by atoms with Crippen molar-refractivity contribution in [2.45, 2.75) is 13.5 Å². The van der Waals surface area contributed by atoms with Crippen molar-refractivity contribution in [3.63, 3.8) is 0 Å². The number of ether oxygens (including phenoxy) is 1. The Labute approximate surface area is 187 Å². The van der Waals surface area contributed by atoms with Gasteiger partial charge in [-0.25, -0.2) is 4.79 Å². The van der Waals surface area contributed by atoms with Crippen LogP contribution >= 0.6 is 23.2 Å². The van der Waals surface area contributed by atoms with Gasteiger partial charge in [-0.3, -0.25) is 4.79 Å². The molecule has 0 spiro atoms. The largest absolute Gasteiger partial charge is 0.457 e. The van der Waals surface area contributed by atoms with Gasteiger partial charge < -0.3 is 9.15 Å². The monoisotopic (exact) mass is 452 g/mol. The fourth-order valence-electron chi connectivity index (χ4n) is 3.47. The van der Waals surface area contributed by atoms with Gasteiger partial charge in [0.2, 0.25) is 0 Å². The van der Waals surface area contributed by atoms with E-state index in [0.717, 1.165) is 11.1 Å². The zero-order valence-electron chi connectivity index (χ0n) is 16.2. The number of benzene rings is 2. The molecule has 0 saturated carbocycles. The highest BCUT2D eigenvalue weighted by Crippen LogP contribution is 2.32. The molecule has 31 heavy (non-hydrogen) atoms. The van der Waals surface area contributed by atoms with Crippen molar-refractivity contribution in [2.75, 3.05) is 5.01 Å². The standard InChI is InChI=1S/C23H14Cl2N2O4/c1-12-17(22(28)27(26-12)15-4-6-19(24)20(25)9-15)10-16-5-7-21(31-16)13-2-3-14-11-30-23(29)18(14)8-13/h2-10H,11H2,1H3/b17-10+. The number of anilines is 1. The second-order valence-electron chi connectivity index (χ2n) is 7.11. The number of hydrogen-bond acceptors (Lipinski definition) is 5. The Balaban J connectivity index is 1.43. The van der Waals surface area contributed by atoms with Gasteiger partial charge in [-0.2, -0.15) is 10.1 Å². The Kier molecular flexibility index (Phi) is 4.68. The minimum Gasteiger partial charge on any atom is -0.457 e. The summed E-state index contributed by atoms with van der Waals surface area (Å²) in [6.07, 6.45) is 1.64. The van der Waals surface area contributed by atoms with Crippen molar-refractivity contribution in [2.24, 2.45) is 5.10 Å². The summed E-state index contributed by atoms with van der Waals surface area (Å²) < 4.78 is 10.9. The van der Waals surface area contributed by atoms with Crippen LogP contribution in [0.5, 0.6) is 0 Å². The lowest BCUT2D eigenvalue weighted by molar-refractivity contribution is -0.114. The molecule has 6 nitrogen and oxygen atoms in total. The first kappa shape index (κ1) is 19.6. The maximum atomic E-state index is 12.9. The highest BCUT2D eigenvalue weighted by Gasteiger charge is 2.29. The molecule has 1 aromatic heterocycles. The van der Waals surface area contributed by atoms with Gasteiger partial charge in [0, 0.05) is 11.1 Å². The van der Waals surface area contributed by atoms with Crippen molar-refractivity contribution in [1.29, 1.82) is 0 Å². The Morgan fingerprint density at radius 1 is 1.03 bits per heavy atom. The number of nitrogens with zero attached hydrogens (tertiary/aromatic N) is 2. The maximum absolute atomic E-state index is 12.9. The van der Waals surface area contributed by atoms with Crippen LogP contribution in [0, 0.1) is 0 Å². The molecule has 2 aliphatic heterocycles. The Hall–Kier alpha value is -3.35. The molecule has 0 N–H and O–H groups in total. The van der Waals surface area contributed by atoms with Crippen LogP contribution in [-0.2, 0) is 16.1 Å². The van der Waals surface area contributed by atoms with Crippen LogP contribution in [-0.4, -0.2) is 17.6 Å². The molecule has 8 heteroatoms. The summed E-state index contributed by atoms with van der Waals surface area (Å²) in [6.45, 7) is 2.04. The molecule has 0 saturated heterocycles. The minimum absolute atomic E-state index is 0.292. The predicted molar refractivity (Wildman–Crippen MR) is 118 cm³/mol. The van der Waals surface area contributed by atoms with Gasteiger partial charge in [0.05, 0.1) is 32.6 Å². The SMILES string of the molecule is CC1=NN(c2ccc(Cl)c(Cl)c2)C(=O)/C1=C/c1ccc(-c2ccc3c(c2)C(=O)OC3)o1. The normalized spacial score (nSPS) is 16.7. The molecule has 3 heterocycles. The fraction of sp³-hybridized carbons (Fsp3) is 0.0870. The number of carbonyl (C=O) groups excluding carboxylic acids is 2. The second kappa shape index (κ2) is 7.41. The molecule has 0 unspecified atom stereocenters. The summed E-state index contributed by atoms with van der Waals surface area (Å²) in [5, 5.41) is 6.35. The number of amides is 1. The molecule has 0 aliphatic carbocycles. The molecule has 0 atom stereocenters. The van der Waals surface area contributed by atoms with Crippen molar-refractivity contribution in [3.05, 3.63) is 81.0 Å². The summed E-state index contributed by atoms with van der Waals surface area (Å²) in [7, 11) is 0. The molecule has 2 aromatic carbocycles. The number of cyclic esters (lactones) is 1. The number of rotatable bonds is 3. The third-order valence-corrected chi connectivity index (χ3v) is 5.84. The molecule has 3 aromatic rings. The highest BCUT2D eigenvalue weighted by atomic mass is 35.5. The van der Waals surface area contributed by atoms with Crippen LogP contribution in [0.25, 0.3) is 17.4 Å². The van der Waals surface area contributed by atoms with Crippen molar-refractivity contribution in [3.8, 4) is 11.3 Å². The van der Waals surface area contributed by atoms with E-state index in [0.29, 0.717) is 50.7 Å². The summed E-state index contributed by atoms with van der Waals surface area (Å²) in [6, 6.07) is 13.9. The number of fused-ring (bicyclic) bond motifs is 1. The molecule has 0 fully saturated rings. The zero-order valence-corrected chi connectivity index (χ0v) is 17.7. The predicted octanol–water partition coefficient (Wildman–Crippen LogP) is 5.73. The first-order valence-corrected chi connectivity index (χ1v) is 10.1. The van der Waals surface area contributed by atoms with E-state index in [1.54, 1.807) is 49.4 Å².